The molecular weight excluding hydrogens is 316 g/mol. The predicted octanol–water partition coefficient (Wildman–Crippen LogP) is 5.91. The molecule has 2 aromatic carbocycles. The average Bonchev–Trinajstić information content (AvgIpc) is 3.21. The van der Waals surface area contributed by atoms with Gasteiger partial charge in [0.15, 0.2) is 12.0 Å². The van der Waals surface area contributed by atoms with E-state index in [2.05, 4.69) is 50.0 Å². The number of aromatic nitrogens is 2. The van der Waals surface area contributed by atoms with E-state index < -0.39 is 0 Å². The summed E-state index contributed by atoms with van der Waals surface area (Å²) in [5, 5.41) is 1.29. The van der Waals surface area contributed by atoms with Gasteiger partial charge in [0.2, 0.25) is 0 Å². The van der Waals surface area contributed by atoms with Crippen LogP contribution in [0.3, 0.4) is 0 Å². The van der Waals surface area contributed by atoms with Crippen LogP contribution in [-0.2, 0) is 6.42 Å². The van der Waals surface area contributed by atoms with Gasteiger partial charge in [0.05, 0.1) is 10.4 Å². The van der Waals surface area contributed by atoms with Gasteiger partial charge in [-0.25, -0.2) is 4.98 Å². The molecular formula is C20H20N2OS. The fourth-order valence-corrected chi connectivity index (χ4v) is 4.40. The van der Waals surface area contributed by atoms with Gasteiger partial charge in [-0.15, -0.1) is 0 Å². The van der Waals surface area contributed by atoms with Crippen LogP contribution in [0.4, 0.5) is 0 Å². The summed E-state index contributed by atoms with van der Waals surface area (Å²) in [7, 11) is 0. The van der Waals surface area contributed by atoms with Crippen molar-refractivity contribution in [1.29, 1.82) is 0 Å². The molecule has 122 valence electrons. The number of fused-ring (bicyclic) bond motifs is 2. The first kappa shape index (κ1) is 15.3. The number of hydrogen-bond donors (Lipinski definition) is 0. The maximum absolute atomic E-state index is 5.60. The number of oxazole rings is 1. The van der Waals surface area contributed by atoms with E-state index in [1.165, 1.54) is 33.3 Å². The molecule has 2 heterocycles. The third-order valence-electron chi connectivity index (χ3n) is 4.64. The number of hydrogen-bond acceptors (Lipinski definition) is 4. The molecule has 1 atom stereocenters. The summed E-state index contributed by atoms with van der Waals surface area (Å²) in [6.45, 7) is 6.71. The summed E-state index contributed by atoms with van der Waals surface area (Å²) >= 11 is 1.63. The molecule has 2 aromatic heterocycles. The van der Waals surface area contributed by atoms with Crippen molar-refractivity contribution in [3.63, 3.8) is 0 Å². The summed E-state index contributed by atoms with van der Waals surface area (Å²) in [5.74, 6) is 0.844. The summed E-state index contributed by atoms with van der Waals surface area (Å²) in [4.78, 5) is 4.26. The van der Waals surface area contributed by atoms with Crippen LogP contribution in [-0.4, -0.2) is 9.36 Å². The SMILES string of the molecule is CC(C)c1cccc2c(CC(C)c3cccc4ncoc34)nsc12. The minimum atomic E-state index is 0.328. The van der Waals surface area contributed by atoms with Crippen molar-refractivity contribution in [2.75, 3.05) is 0 Å². The molecule has 0 amide bonds. The average molecular weight is 336 g/mol. The maximum Gasteiger partial charge on any atom is 0.181 e. The molecule has 0 aliphatic heterocycles. The van der Waals surface area contributed by atoms with Crippen molar-refractivity contribution < 1.29 is 4.42 Å². The summed E-state index contributed by atoms with van der Waals surface area (Å²) in [6, 6.07) is 12.7. The monoisotopic (exact) mass is 336 g/mol. The van der Waals surface area contributed by atoms with Crippen molar-refractivity contribution in [2.24, 2.45) is 0 Å². The van der Waals surface area contributed by atoms with E-state index in [4.69, 9.17) is 8.79 Å². The van der Waals surface area contributed by atoms with Gasteiger partial charge in [0, 0.05) is 10.9 Å². The topological polar surface area (TPSA) is 38.9 Å². The zero-order valence-electron chi connectivity index (χ0n) is 14.1. The smallest absolute Gasteiger partial charge is 0.181 e. The van der Waals surface area contributed by atoms with Gasteiger partial charge in [-0.05, 0) is 41.4 Å². The molecule has 4 aromatic rings. The van der Waals surface area contributed by atoms with Gasteiger partial charge in [0.25, 0.3) is 0 Å². The number of para-hydroxylation sites is 1. The van der Waals surface area contributed by atoms with Crippen molar-refractivity contribution in [1.82, 2.24) is 9.36 Å². The minimum absolute atomic E-state index is 0.328. The van der Waals surface area contributed by atoms with Gasteiger partial charge in [-0.2, -0.15) is 4.37 Å². The second-order valence-corrected chi connectivity index (χ2v) is 7.43. The Morgan fingerprint density at radius 2 is 1.83 bits per heavy atom. The standard InChI is InChI=1S/C20H20N2OS/c1-12(2)14-6-4-8-16-18(22-24-20(14)16)10-13(3)15-7-5-9-17-19(15)23-11-21-17/h4-9,11-13H,10H2,1-3H3. The molecule has 24 heavy (non-hydrogen) atoms. The normalized spacial score (nSPS) is 13.2. The summed E-state index contributed by atoms with van der Waals surface area (Å²) in [5.41, 5.74) is 5.59. The van der Waals surface area contributed by atoms with E-state index in [1.807, 2.05) is 12.1 Å². The second-order valence-electron chi connectivity index (χ2n) is 6.66. The van der Waals surface area contributed by atoms with Crippen LogP contribution in [0.5, 0.6) is 0 Å². The zero-order chi connectivity index (χ0) is 16.7. The van der Waals surface area contributed by atoms with Crippen molar-refractivity contribution in [3.8, 4) is 0 Å². The molecule has 0 N–H and O–H groups in total. The first-order valence-corrected chi connectivity index (χ1v) is 9.11. The largest absolute Gasteiger partial charge is 0.443 e. The number of nitrogens with zero attached hydrogens (tertiary/aromatic N) is 2. The van der Waals surface area contributed by atoms with Gasteiger partial charge in [-0.3, -0.25) is 0 Å². The van der Waals surface area contributed by atoms with Crippen molar-refractivity contribution >= 4 is 32.7 Å². The van der Waals surface area contributed by atoms with Crippen molar-refractivity contribution in [3.05, 3.63) is 59.6 Å². The summed E-state index contributed by atoms with van der Waals surface area (Å²) < 4.78 is 11.7. The Labute approximate surface area is 145 Å². The lowest BCUT2D eigenvalue weighted by Gasteiger charge is -2.11. The first-order chi connectivity index (χ1) is 11.6. The number of benzene rings is 2. The molecule has 4 rings (SSSR count). The van der Waals surface area contributed by atoms with Crippen molar-refractivity contribution in [2.45, 2.75) is 39.0 Å². The lowest BCUT2D eigenvalue weighted by Crippen LogP contribution is -1.99. The highest BCUT2D eigenvalue weighted by Gasteiger charge is 2.17. The maximum atomic E-state index is 5.60. The summed E-state index contributed by atoms with van der Waals surface area (Å²) in [6.07, 6.45) is 2.43. The zero-order valence-corrected chi connectivity index (χ0v) is 14.9. The molecule has 0 saturated heterocycles. The Bertz CT molecular complexity index is 999. The molecule has 4 heteroatoms. The highest BCUT2D eigenvalue weighted by atomic mass is 32.1. The molecule has 0 aliphatic carbocycles. The van der Waals surface area contributed by atoms with Crippen LogP contribution < -0.4 is 0 Å². The van der Waals surface area contributed by atoms with Crippen LogP contribution in [0.1, 0.15) is 49.4 Å². The Morgan fingerprint density at radius 1 is 1.04 bits per heavy atom. The molecule has 0 spiro atoms. The number of rotatable bonds is 4. The van der Waals surface area contributed by atoms with Crippen LogP contribution in [0.2, 0.25) is 0 Å². The Balaban J connectivity index is 1.72. The molecule has 0 saturated carbocycles. The lowest BCUT2D eigenvalue weighted by atomic mass is 9.93. The molecule has 1 unspecified atom stereocenters. The van der Waals surface area contributed by atoms with E-state index >= 15 is 0 Å². The molecule has 0 bridgehead atoms. The third kappa shape index (κ3) is 2.51. The van der Waals surface area contributed by atoms with Crippen LogP contribution >= 0.6 is 11.5 Å². The van der Waals surface area contributed by atoms with E-state index in [0.717, 1.165) is 17.5 Å². The second kappa shape index (κ2) is 6.02. The Kier molecular flexibility index (Phi) is 3.85. The molecule has 3 nitrogen and oxygen atoms in total. The van der Waals surface area contributed by atoms with Crippen LogP contribution in [0.25, 0.3) is 21.2 Å². The Hall–Kier alpha value is -2.20. The lowest BCUT2D eigenvalue weighted by molar-refractivity contribution is 0.591. The van der Waals surface area contributed by atoms with Gasteiger partial charge in [0.1, 0.15) is 5.52 Å². The van der Waals surface area contributed by atoms with E-state index in [9.17, 15) is 0 Å². The van der Waals surface area contributed by atoms with Crippen LogP contribution in [0, 0.1) is 0 Å². The first-order valence-electron chi connectivity index (χ1n) is 8.34. The van der Waals surface area contributed by atoms with E-state index in [0.29, 0.717) is 11.8 Å². The Morgan fingerprint density at radius 3 is 2.67 bits per heavy atom. The van der Waals surface area contributed by atoms with Gasteiger partial charge < -0.3 is 4.42 Å². The predicted molar refractivity (Wildman–Crippen MR) is 99.8 cm³/mol. The highest BCUT2D eigenvalue weighted by molar-refractivity contribution is 7.13. The van der Waals surface area contributed by atoms with E-state index in [-0.39, 0.29) is 0 Å². The molecule has 0 fully saturated rings. The third-order valence-corrected chi connectivity index (χ3v) is 5.59. The highest BCUT2D eigenvalue weighted by Crippen LogP contribution is 2.34. The van der Waals surface area contributed by atoms with Gasteiger partial charge >= 0.3 is 0 Å². The van der Waals surface area contributed by atoms with Crippen LogP contribution in [0.15, 0.2) is 47.2 Å². The molecule has 0 aliphatic rings. The van der Waals surface area contributed by atoms with E-state index in [1.54, 1.807) is 11.5 Å². The van der Waals surface area contributed by atoms with Gasteiger partial charge in [-0.1, -0.05) is 51.1 Å². The minimum Gasteiger partial charge on any atom is -0.443 e. The fourth-order valence-electron chi connectivity index (χ4n) is 3.33. The molecule has 0 radical (unpaired) electrons. The fraction of sp³-hybridized carbons (Fsp3) is 0.300. The quantitative estimate of drug-likeness (QED) is 0.465.